The third-order valence-corrected chi connectivity index (χ3v) is 11.7. The smallest absolute Gasteiger partial charge is 0.326 e. The second kappa shape index (κ2) is 32.5. The summed E-state index contributed by atoms with van der Waals surface area (Å²) in [6.45, 7) is 13.7. The summed E-state index contributed by atoms with van der Waals surface area (Å²) in [6, 6.07) is -4.77. The van der Waals surface area contributed by atoms with Crippen molar-refractivity contribution in [2.45, 2.75) is 168 Å². The predicted molar refractivity (Wildman–Crippen MR) is 270 cm³/mol. The fourth-order valence-electron chi connectivity index (χ4n) is 7.31. The first-order chi connectivity index (χ1) is 34.9. The van der Waals surface area contributed by atoms with E-state index in [0.29, 0.717) is 0 Å². The number of nitrogens with two attached hydrogens (primary N) is 1. The number of hydrogen-bond acceptors (Lipinski definition) is 15. The molecule has 1 rings (SSSR count). The fraction of sp³-hybridized carbons (Fsp3) is 0.653. The summed E-state index contributed by atoms with van der Waals surface area (Å²) in [5, 5.41) is 71.6. The van der Waals surface area contributed by atoms with E-state index < -0.39 is 163 Å². The van der Waals surface area contributed by atoms with Crippen LogP contribution in [0.3, 0.4) is 0 Å². The minimum atomic E-state index is -1.81. The van der Waals surface area contributed by atoms with E-state index in [9.17, 15) is 78.3 Å². The maximum atomic E-state index is 13.9. The number of carbonyl (C=O) groups excluding carboxylic acids is 9. The van der Waals surface area contributed by atoms with Crippen LogP contribution >= 0.6 is 0 Å². The molecule has 26 heteroatoms. The lowest BCUT2D eigenvalue weighted by molar-refractivity contribution is -0.143. The molecule has 0 saturated carbocycles. The van der Waals surface area contributed by atoms with Crippen molar-refractivity contribution < 1.29 is 78.3 Å². The van der Waals surface area contributed by atoms with Gasteiger partial charge in [0, 0.05) is 0 Å². The summed E-state index contributed by atoms with van der Waals surface area (Å²) in [4.78, 5) is 144. The molecule has 1 aromatic rings. The molecule has 0 aliphatic rings. The quantitative estimate of drug-likeness (QED) is 0.0327. The van der Waals surface area contributed by atoms with E-state index in [1.807, 2.05) is 0 Å². The Hall–Kier alpha value is -6.77. The first-order valence-corrected chi connectivity index (χ1v) is 24.8. The molecule has 16 N–H and O–H groups in total. The van der Waals surface area contributed by atoms with Crippen molar-refractivity contribution >= 4 is 65.1 Å². The maximum Gasteiger partial charge on any atom is 0.326 e. The summed E-state index contributed by atoms with van der Waals surface area (Å²) in [5.41, 5.74) is 6.91. The van der Waals surface area contributed by atoms with Gasteiger partial charge in [0.1, 0.15) is 48.3 Å². The van der Waals surface area contributed by atoms with Gasteiger partial charge in [-0.15, -0.1) is 0 Å². The Morgan fingerprint density at radius 2 is 0.947 bits per heavy atom. The van der Waals surface area contributed by atoms with Crippen LogP contribution < -0.4 is 53.6 Å². The molecule has 0 aliphatic heterocycles. The molecule has 9 amide bonds. The Morgan fingerprint density at radius 3 is 1.39 bits per heavy atom. The van der Waals surface area contributed by atoms with Crippen LogP contribution in [0, 0.1) is 23.7 Å². The van der Waals surface area contributed by atoms with E-state index in [1.165, 1.54) is 20.8 Å². The molecule has 0 bridgehead atoms. The number of hydrogen-bond donors (Lipinski definition) is 15. The van der Waals surface area contributed by atoms with Crippen LogP contribution in [-0.2, 0) is 59.2 Å². The second-order valence-corrected chi connectivity index (χ2v) is 19.8. The number of nitrogens with one attached hydrogen (secondary N) is 9. The van der Waals surface area contributed by atoms with Crippen LogP contribution in [0.25, 0.3) is 0 Å². The number of carboxylic acids is 2. The summed E-state index contributed by atoms with van der Waals surface area (Å²) in [5.74, 6) is -13.6. The monoisotopic (exact) mass is 1060 g/mol. The highest BCUT2D eigenvalue weighted by molar-refractivity contribution is 5.99. The van der Waals surface area contributed by atoms with Crippen molar-refractivity contribution in [2.24, 2.45) is 29.4 Å². The molecule has 0 fully saturated rings. The molecule has 0 saturated heterocycles. The number of carbonyl (C=O) groups is 11. The van der Waals surface area contributed by atoms with Crippen LogP contribution in [0.15, 0.2) is 30.3 Å². The summed E-state index contributed by atoms with van der Waals surface area (Å²) >= 11 is 0. The van der Waals surface area contributed by atoms with Gasteiger partial charge in [-0.25, -0.2) is 4.79 Å². The third-order valence-electron chi connectivity index (χ3n) is 11.7. The van der Waals surface area contributed by atoms with Crippen LogP contribution in [0.2, 0.25) is 0 Å². The number of carboxylic acid groups (broad SMARTS) is 2. The average Bonchev–Trinajstić information content (AvgIpc) is 3.32. The maximum absolute atomic E-state index is 13.9. The second-order valence-electron chi connectivity index (χ2n) is 19.8. The van der Waals surface area contributed by atoms with Crippen LogP contribution in [0.4, 0.5) is 0 Å². The Balaban J connectivity index is 3.26. The highest BCUT2D eigenvalue weighted by Gasteiger charge is 2.38. The Labute approximate surface area is 436 Å². The molecule has 1 aromatic carbocycles. The minimum Gasteiger partial charge on any atom is -0.481 e. The first-order valence-electron chi connectivity index (χ1n) is 24.8. The fourth-order valence-corrected chi connectivity index (χ4v) is 7.31. The molecule has 0 radical (unpaired) electrons. The molecule has 75 heavy (non-hydrogen) atoms. The molecule has 0 aromatic heterocycles. The number of amides is 9. The topological polar surface area (TPSA) is 423 Å². The van der Waals surface area contributed by atoms with E-state index in [4.69, 9.17) is 5.73 Å². The van der Waals surface area contributed by atoms with Crippen molar-refractivity contribution in [2.75, 3.05) is 13.2 Å². The summed E-state index contributed by atoms with van der Waals surface area (Å²) in [6.07, 6.45) is -3.90. The average molecular weight is 1070 g/mol. The van der Waals surface area contributed by atoms with E-state index in [0.717, 1.165) is 19.4 Å². The third kappa shape index (κ3) is 23.5. The Morgan fingerprint density at radius 1 is 0.520 bits per heavy atom. The molecule has 0 heterocycles. The number of aliphatic hydroxyl groups is 3. The number of rotatable bonds is 33. The first kappa shape index (κ1) is 66.2. The predicted octanol–water partition coefficient (Wildman–Crippen LogP) is -3.34. The van der Waals surface area contributed by atoms with Crippen LogP contribution in [-0.4, -0.2) is 170 Å². The highest BCUT2D eigenvalue weighted by atomic mass is 16.4. The molecular weight excluding hydrogens is 985 g/mol. The van der Waals surface area contributed by atoms with Crippen molar-refractivity contribution in [1.29, 1.82) is 0 Å². The highest BCUT2D eigenvalue weighted by Crippen LogP contribution is 2.13. The molecule has 0 spiro atoms. The van der Waals surface area contributed by atoms with Gasteiger partial charge in [0.25, 0.3) is 0 Å². The molecule has 0 aliphatic carbocycles. The lowest BCUT2D eigenvalue weighted by atomic mass is 9.96. The zero-order chi connectivity index (χ0) is 57.4. The van der Waals surface area contributed by atoms with Gasteiger partial charge in [0.15, 0.2) is 0 Å². The van der Waals surface area contributed by atoms with Crippen molar-refractivity contribution in [3.05, 3.63) is 35.9 Å². The van der Waals surface area contributed by atoms with Crippen LogP contribution in [0.5, 0.6) is 0 Å². The van der Waals surface area contributed by atoms with Gasteiger partial charge in [-0.2, -0.15) is 0 Å². The van der Waals surface area contributed by atoms with Gasteiger partial charge in [0.05, 0.1) is 37.8 Å². The molecule has 26 nitrogen and oxygen atoms in total. The van der Waals surface area contributed by atoms with E-state index in [1.54, 1.807) is 65.0 Å². The largest absolute Gasteiger partial charge is 0.481 e. The van der Waals surface area contributed by atoms with Gasteiger partial charge in [-0.3, -0.25) is 47.9 Å². The van der Waals surface area contributed by atoms with Crippen molar-refractivity contribution in [3.63, 3.8) is 0 Å². The minimum absolute atomic E-state index is 0.107. The molecule has 12 atom stereocenters. The zero-order valence-electron chi connectivity index (χ0n) is 44.3. The SMILES string of the molecule is CCC(C)C(NC(=O)C(NC(=O)C(CC(C)C)NC(=O)C(NC(=O)C(CO)NC(=O)C(CC(C)C)NC(=O)C(N)Cc1ccccc1)C(C)O)C(C)O)C(=O)NC(CC(=O)O)C(=O)NCC(=O)NC(C(=O)O)C(C)C. The lowest BCUT2D eigenvalue weighted by Crippen LogP contribution is -2.63. The normalized spacial score (nSPS) is 16.1. The molecular formula is C49H80N10O16. The number of benzene rings is 1. The zero-order valence-corrected chi connectivity index (χ0v) is 44.3. The van der Waals surface area contributed by atoms with Gasteiger partial charge in [0.2, 0.25) is 53.2 Å². The molecule has 422 valence electrons. The number of aliphatic hydroxyl groups excluding tert-OH is 3. The van der Waals surface area contributed by atoms with Gasteiger partial charge in [-0.05, 0) is 62.3 Å². The Kier molecular flexibility index (Phi) is 28.7. The lowest BCUT2D eigenvalue weighted by Gasteiger charge is -2.30. The van der Waals surface area contributed by atoms with Gasteiger partial charge in [-0.1, -0.05) is 92.1 Å². The van der Waals surface area contributed by atoms with Crippen molar-refractivity contribution in [1.82, 2.24) is 47.9 Å². The van der Waals surface area contributed by atoms with Gasteiger partial charge >= 0.3 is 11.9 Å². The van der Waals surface area contributed by atoms with Crippen LogP contribution in [0.1, 0.15) is 100 Å². The summed E-state index contributed by atoms with van der Waals surface area (Å²) < 4.78 is 0. The standard InChI is InChI=1S/C49H80N10O16/c1-11-26(8)38(46(71)54-33(20-36(64)65)42(67)51-21-35(63)56-37(25(6)7)49(74)75)57-48(73)40(28(10)62)58-44(69)32(18-24(4)5)53-47(72)39(27(9)61)59-45(70)34(22-60)55-43(68)31(17-23(2)3)52-41(66)30(50)19-29-15-13-12-14-16-29/h12-16,23-28,30-34,37-40,60-62H,11,17-22,50H2,1-10H3,(H,51,67)(H,52,66)(H,53,72)(H,54,71)(H,55,68)(H,56,63)(H,57,73)(H,58,69)(H,59,70)(H,64,65)(H,74,75). The van der Waals surface area contributed by atoms with Crippen molar-refractivity contribution in [3.8, 4) is 0 Å². The molecule has 12 unspecified atom stereocenters. The summed E-state index contributed by atoms with van der Waals surface area (Å²) in [7, 11) is 0. The van der Waals surface area contributed by atoms with E-state index in [-0.39, 0.29) is 37.5 Å². The van der Waals surface area contributed by atoms with E-state index in [2.05, 4.69) is 47.9 Å². The number of aliphatic carboxylic acids is 2. The van der Waals surface area contributed by atoms with Gasteiger partial charge < -0.3 is 79.1 Å². The Bertz CT molecular complexity index is 2110. The van der Waals surface area contributed by atoms with E-state index >= 15 is 0 Å².